The molecule has 2 rings (SSSR count). The lowest BCUT2D eigenvalue weighted by Gasteiger charge is -2.15. The lowest BCUT2D eigenvalue weighted by Crippen LogP contribution is -2.21. The number of rotatable bonds is 6. The second-order valence-electron chi connectivity index (χ2n) is 5.45. The van der Waals surface area contributed by atoms with E-state index in [1.54, 1.807) is 6.92 Å². The van der Waals surface area contributed by atoms with Crippen molar-refractivity contribution in [2.75, 3.05) is 0 Å². The summed E-state index contributed by atoms with van der Waals surface area (Å²) in [5, 5.41) is 3.83. The zero-order valence-corrected chi connectivity index (χ0v) is 13.1. The maximum Gasteiger partial charge on any atom is 0.223 e. The highest BCUT2D eigenvalue weighted by molar-refractivity contribution is 5.43. The Balaban J connectivity index is 2.09. The van der Waals surface area contributed by atoms with Gasteiger partial charge in [0.2, 0.25) is 11.7 Å². The first-order valence-corrected chi connectivity index (χ1v) is 7.27. The van der Waals surface area contributed by atoms with E-state index in [1.165, 1.54) is 5.56 Å². The van der Waals surface area contributed by atoms with Crippen molar-refractivity contribution in [2.24, 2.45) is 5.73 Å². The van der Waals surface area contributed by atoms with Crippen LogP contribution in [0.25, 0.3) is 0 Å². The minimum Gasteiger partial charge on any atom is -0.485 e. The molecule has 0 radical (unpaired) electrons. The van der Waals surface area contributed by atoms with Gasteiger partial charge < -0.3 is 15.0 Å². The molecule has 5 heteroatoms. The van der Waals surface area contributed by atoms with Gasteiger partial charge in [-0.3, -0.25) is 0 Å². The maximum atomic E-state index is 6.02. The quantitative estimate of drug-likeness (QED) is 0.885. The number of aromatic nitrogens is 2. The van der Waals surface area contributed by atoms with Crippen LogP contribution in [0.15, 0.2) is 16.7 Å². The minimum atomic E-state index is 0.206. The Bertz CT molecular complexity index is 584. The first-order valence-electron chi connectivity index (χ1n) is 7.27. The van der Waals surface area contributed by atoms with Crippen molar-refractivity contribution in [1.29, 1.82) is 0 Å². The normalized spacial score (nSPS) is 12.4. The highest BCUT2D eigenvalue weighted by atomic mass is 16.5. The van der Waals surface area contributed by atoms with Gasteiger partial charge in [-0.15, -0.1) is 0 Å². The summed E-state index contributed by atoms with van der Waals surface area (Å²) in [6.07, 6.45) is 1.87. The highest BCUT2D eigenvalue weighted by Gasteiger charge is 2.10. The van der Waals surface area contributed by atoms with E-state index in [-0.39, 0.29) is 6.04 Å². The van der Waals surface area contributed by atoms with Gasteiger partial charge in [0, 0.05) is 13.0 Å². The van der Waals surface area contributed by atoms with Crippen molar-refractivity contribution < 1.29 is 9.26 Å². The number of benzene rings is 1. The van der Waals surface area contributed by atoms with E-state index in [9.17, 15) is 0 Å². The van der Waals surface area contributed by atoms with E-state index >= 15 is 0 Å². The van der Waals surface area contributed by atoms with Crippen molar-refractivity contribution >= 4 is 0 Å². The molecule has 21 heavy (non-hydrogen) atoms. The molecule has 1 aromatic heterocycles. The molecule has 0 bridgehead atoms. The summed E-state index contributed by atoms with van der Waals surface area (Å²) in [6.45, 7) is 8.27. The van der Waals surface area contributed by atoms with Gasteiger partial charge in [0.05, 0.1) is 0 Å². The van der Waals surface area contributed by atoms with Crippen LogP contribution in [0.1, 0.15) is 41.8 Å². The summed E-state index contributed by atoms with van der Waals surface area (Å²) < 4.78 is 10.8. The van der Waals surface area contributed by atoms with Crippen LogP contribution in [-0.4, -0.2) is 16.2 Å². The lowest BCUT2D eigenvalue weighted by molar-refractivity contribution is 0.282. The third kappa shape index (κ3) is 4.04. The Kier molecular flexibility index (Phi) is 4.96. The average Bonchev–Trinajstić information content (AvgIpc) is 2.83. The fraction of sp³-hybridized carbons (Fsp3) is 0.500. The van der Waals surface area contributed by atoms with Crippen LogP contribution in [0.4, 0.5) is 0 Å². The number of nitrogens with two attached hydrogens (primary N) is 1. The zero-order valence-electron chi connectivity index (χ0n) is 13.1. The number of nitrogens with zero attached hydrogens (tertiary/aromatic N) is 2. The van der Waals surface area contributed by atoms with E-state index in [0.717, 1.165) is 29.7 Å². The fourth-order valence-electron chi connectivity index (χ4n) is 2.37. The molecule has 1 atom stereocenters. The van der Waals surface area contributed by atoms with Gasteiger partial charge in [-0.2, -0.15) is 4.98 Å². The largest absolute Gasteiger partial charge is 0.485 e. The number of hydrogen-bond acceptors (Lipinski definition) is 5. The fourth-order valence-corrected chi connectivity index (χ4v) is 2.37. The van der Waals surface area contributed by atoms with Crippen molar-refractivity contribution in [3.63, 3.8) is 0 Å². The third-order valence-electron chi connectivity index (χ3n) is 3.46. The summed E-state index contributed by atoms with van der Waals surface area (Å²) in [7, 11) is 0. The smallest absolute Gasteiger partial charge is 0.223 e. The molecule has 0 saturated carbocycles. The SMILES string of the molecule is CCC(N)Cc1cc(C)c(OCc2noc(C)n2)c(C)c1. The van der Waals surface area contributed by atoms with E-state index < -0.39 is 0 Å². The topological polar surface area (TPSA) is 74.2 Å². The van der Waals surface area contributed by atoms with E-state index in [2.05, 4.69) is 29.2 Å². The predicted octanol–water partition coefficient (Wildman–Crippen LogP) is 2.85. The highest BCUT2D eigenvalue weighted by Crippen LogP contribution is 2.26. The Labute approximate surface area is 125 Å². The number of hydrogen-bond donors (Lipinski definition) is 1. The summed E-state index contributed by atoms with van der Waals surface area (Å²) in [4.78, 5) is 4.13. The zero-order chi connectivity index (χ0) is 15.4. The second kappa shape index (κ2) is 6.72. The van der Waals surface area contributed by atoms with Crippen LogP contribution < -0.4 is 10.5 Å². The number of ether oxygens (including phenoxy) is 1. The molecule has 1 aromatic carbocycles. The van der Waals surface area contributed by atoms with Crippen molar-refractivity contribution in [3.05, 3.63) is 40.5 Å². The first kappa shape index (κ1) is 15.5. The molecule has 5 nitrogen and oxygen atoms in total. The molecule has 0 aliphatic carbocycles. The van der Waals surface area contributed by atoms with Crippen molar-refractivity contribution in [1.82, 2.24) is 10.1 Å². The average molecular weight is 289 g/mol. The molecule has 0 aliphatic rings. The molecule has 1 unspecified atom stereocenters. The Morgan fingerprint density at radius 3 is 2.43 bits per heavy atom. The lowest BCUT2D eigenvalue weighted by atomic mass is 9.99. The van der Waals surface area contributed by atoms with Crippen LogP contribution in [0.2, 0.25) is 0 Å². The standard InChI is InChI=1S/C16H23N3O2/c1-5-14(17)8-13-6-10(2)16(11(3)7-13)20-9-15-18-12(4)21-19-15/h6-7,14H,5,8-9,17H2,1-4H3. The van der Waals surface area contributed by atoms with Gasteiger partial charge >= 0.3 is 0 Å². The molecule has 114 valence electrons. The van der Waals surface area contributed by atoms with Crippen molar-refractivity contribution in [3.8, 4) is 5.75 Å². The molecular formula is C16H23N3O2. The van der Waals surface area contributed by atoms with Crippen LogP contribution in [0, 0.1) is 20.8 Å². The van der Waals surface area contributed by atoms with E-state index in [0.29, 0.717) is 18.3 Å². The number of aryl methyl sites for hydroxylation is 3. The van der Waals surface area contributed by atoms with Gasteiger partial charge in [0.1, 0.15) is 5.75 Å². The first-order chi connectivity index (χ1) is 9.99. The van der Waals surface area contributed by atoms with Gasteiger partial charge in [0.25, 0.3) is 0 Å². The van der Waals surface area contributed by atoms with Crippen LogP contribution in [-0.2, 0) is 13.0 Å². The van der Waals surface area contributed by atoms with Crippen LogP contribution in [0.3, 0.4) is 0 Å². The molecule has 0 fully saturated rings. The summed E-state index contributed by atoms with van der Waals surface area (Å²) in [5.74, 6) is 1.99. The summed E-state index contributed by atoms with van der Waals surface area (Å²) in [6, 6.07) is 4.48. The molecule has 2 N–H and O–H groups in total. The molecule has 0 spiro atoms. The maximum absolute atomic E-state index is 6.02. The second-order valence-corrected chi connectivity index (χ2v) is 5.45. The van der Waals surface area contributed by atoms with Gasteiger partial charge in [-0.05, 0) is 43.4 Å². The third-order valence-corrected chi connectivity index (χ3v) is 3.46. The Morgan fingerprint density at radius 2 is 1.90 bits per heavy atom. The monoisotopic (exact) mass is 289 g/mol. The van der Waals surface area contributed by atoms with Gasteiger partial charge in [-0.25, -0.2) is 0 Å². The molecule has 0 amide bonds. The molecule has 0 saturated heterocycles. The van der Waals surface area contributed by atoms with E-state index in [4.69, 9.17) is 15.0 Å². The summed E-state index contributed by atoms with van der Waals surface area (Å²) >= 11 is 0. The molecule has 1 heterocycles. The molecule has 2 aromatic rings. The predicted molar refractivity (Wildman–Crippen MR) is 81.3 cm³/mol. The Morgan fingerprint density at radius 1 is 1.24 bits per heavy atom. The Hall–Kier alpha value is -1.88. The van der Waals surface area contributed by atoms with E-state index in [1.807, 2.05) is 13.8 Å². The van der Waals surface area contributed by atoms with Crippen LogP contribution >= 0.6 is 0 Å². The molecule has 0 aliphatic heterocycles. The van der Waals surface area contributed by atoms with Crippen molar-refractivity contribution in [2.45, 2.75) is 53.2 Å². The minimum absolute atomic E-state index is 0.206. The molecular weight excluding hydrogens is 266 g/mol. The van der Waals surface area contributed by atoms with Crippen LogP contribution in [0.5, 0.6) is 5.75 Å². The van der Waals surface area contributed by atoms with Gasteiger partial charge in [-0.1, -0.05) is 24.2 Å². The van der Waals surface area contributed by atoms with Gasteiger partial charge in [0.15, 0.2) is 6.61 Å². The summed E-state index contributed by atoms with van der Waals surface area (Å²) in [5.41, 5.74) is 9.48.